The van der Waals surface area contributed by atoms with Crippen molar-refractivity contribution >= 4 is 48.1 Å². The molecule has 9 aromatic rings. The SMILES string of the molecule is CC(Cc1cccc2c1-c1ccccc1C2(C)C)c1ccc(P(c2ccc(/C=C/c3cccc4c3-c3ccccc3C4(C)C)cc2)c2ccc(/C=C/c3cccc4c3C(C)(C)c3ccccc3-4)cc2)cc1. The van der Waals surface area contributed by atoms with Gasteiger partial charge in [-0.05, 0) is 136 Å². The highest BCUT2D eigenvalue weighted by molar-refractivity contribution is 7.79. The average molecular weight is 933 g/mol. The van der Waals surface area contributed by atoms with Gasteiger partial charge in [-0.1, -0.05) is 273 Å². The van der Waals surface area contributed by atoms with Gasteiger partial charge in [0.2, 0.25) is 0 Å². The lowest BCUT2D eigenvalue weighted by molar-refractivity contribution is 0.659. The van der Waals surface area contributed by atoms with Gasteiger partial charge in [-0.25, -0.2) is 0 Å². The topological polar surface area (TPSA) is 0 Å². The Balaban J connectivity index is 0.854. The van der Waals surface area contributed by atoms with Crippen LogP contribution in [0.4, 0.5) is 0 Å². The molecule has 9 aromatic carbocycles. The molecule has 3 aliphatic carbocycles. The predicted molar refractivity (Wildman–Crippen MR) is 307 cm³/mol. The molecular weight excluding hydrogens is 872 g/mol. The van der Waals surface area contributed by atoms with E-state index in [-0.39, 0.29) is 16.2 Å². The van der Waals surface area contributed by atoms with Crippen molar-refractivity contribution in [3.8, 4) is 33.4 Å². The summed E-state index contributed by atoms with van der Waals surface area (Å²) in [6, 6.07) is 75.8. The first-order valence-electron chi connectivity index (χ1n) is 25.5. The molecule has 0 heterocycles. The molecule has 2 atom stereocenters. The van der Waals surface area contributed by atoms with Gasteiger partial charge in [0.05, 0.1) is 0 Å². The van der Waals surface area contributed by atoms with Crippen LogP contribution in [0.5, 0.6) is 0 Å². The van der Waals surface area contributed by atoms with E-state index in [1.807, 2.05) is 0 Å². The van der Waals surface area contributed by atoms with Crippen molar-refractivity contribution in [2.75, 3.05) is 0 Å². The molecule has 1 heteroatoms. The minimum Gasteiger partial charge on any atom is -0.0619 e. The lowest BCUT2D eigenvalue weighted by atomic mass is 9.80. The highest BCUT2D eigenvalue weighted by atomic mass is 31.1. The molecule has 0 amide bonds. The van der Waals surface area contributed by atoms with Crippen molar-refractivity contribution in [2.24, 2.45) is 0 Å². The first-order chi connectivity index (χ1) is 34.4. The maximum absolute atomic E-state index is 2.41. The van der Waals surface area contributed by atoms with Crippen molar-refractivity contribution in [3.05, 3.63) is 267 Å². The third kappa shape index (κ3) is 7.54. The molecule has 3 aliphatic rings. The summed E-state index contributed by atoms with van der Waals surface area (Å²) >= 11 is 0. The van der Waals surface area contributed by atoms with E-state index in [1.54, 1.807) is 0 Å². The Labute approximate surface area is 423 Å². The fraction of sp³-hybridized carbons (Fsp3) is 0.171. The lowest BCUT2D eigenvalue weighted by Crippen LogP contribution is -2.21. The standard InChI is InChI=1S/C70H61P/c1-46(45-52-19-16-28-64-66(52)59-22-10-13-26-62(59)69(64,4)5)49-37-43-55(44-38-49)71(53-39-31-47(32-40-53)29-35-50-17-15-27-63-65(50)58-21-9-12-25-61(58)68(63,2)3)54-41-33-48(34-42-54)30-36-51-18-14-23-57-56-20-8-11-24-60(56)70(6,7)67(51)57/h8-44,46H,45H2,1-7H3/b35-29+,36-30+. The number of rotatable bonds is 10. The van der Waals surface area contributed by atoms with Crippen LogP contribution in [0.25, 0.3) is 57.7 Å². The molecule has 12 rings (SSSR count). The molecule has 0 nitrogen and oxygen atoms in total. The summed E-state index contributed by atoms with van der Waals surface area (Å²) in [5.41, 5.74) is 24.5. The van der Waals surface area contributed by atoms with Crippen molar-refractivity contribution in [1.82, 2.24) is 0 Å². The highest BCUT2D eigenvalue weighted by Gasteiger charge is 2.39. The summed E-state index contributed by atoms with van der Waals surface area (Å²) in [6.07, 6.45) is 10.2. The summed E-state index contributed by atoms with van der Waals surface area (Å²) < 4.78 is 0. The van der Waals surface area contributed by atoms with E-state index < -0.39 is 7.92 Å². The quantitative estimate of drug-likeness (QED) is 0.0947. The van der Waals surface area contributed by atoms with Gasteiger partial charge in [-0.2, -0.15) is 0 Å². The molecule has 0 bridgehead atoms. The molecule has 0 saturated heterocycles. The van der Waals surface area contributed by atoms with Gasteiger partial charge in [0.15, 0.2) is 0 Å². The summed E-state index contributed by atoms with van der Waals surface area (Å²) in [4.78, 5) is 0. The smallest absolute Gasteiger partial charge is 0.0164 e. The highest BCUT2D eigenvalue weighted by Crippen LogP contribution is 2.53. The van der Waals surface area contributed by atoms with E-state index in [0.717, 1.165) is 6.42 Å². The molecule has 0 spiro atoms. The van der Waals surface area contributed by atoms with Gasteiger partial charge in [-0.3, -0.25) is 0 Å². The Morgan fingerprint density at radius 3 is 1.38 bits per heavy atom. The van der Waals surface area contributed by atoms with Gasteiger partial charge < -0.3 is 0 Å². The minimum atomic E-state index is -0.835. The molecule has 0 aromatic heterocycles. The van der Waals surface area contributed by atoms with Crippen LogP contribution in [0.3, 0.4) is 0 Å². The maximum atomic E-state index is 2.41. The van der Waals surface area contributed by atoms with Crippen molar-refractivity contribution in [1.29, 1.82) is 0 Å². The Morgan fingerprint density at radius 2 is 0.789 bits per heavy atom. The third-order valence-electron chi connectivity index (χ3n) is 16.4. The lowest BCUT2D eigenvalue weighted by Gasteiger charge is -2.23. The fourth-order valence-corrected chi connectivity index (χ4v) is 14.9. The van der Waals surface area contributed by atoms with Crippen LogP contribution < -0.4 is 15.9 Å². The summed E-state index contributed by atoms with van der Waals surface area (Å²) in [5, 5.41) is 4.06. The second kappa shape index (κ2) is 17.3. The molecule has 0 aliphatic heterocycles. The first kappa shape index (κ1) is 45.1. The van der Waals surface area contributed by atoms with Crippen LogP contribution in [-0.2, 0) is 22.7 Å². The van der Waals surface area contributed by atoms with Crippen LogP contribution in [0.1, 0.15) is 121 Å². The van der Waals surface area contributed by atoms with Gasteiger partial charge in [-0.15, -0.1) is 0 Å². The van der Waals surface area contributed by atoms with Crippen LogP contribution in [0.2, 0.25) is 0 Å². The summed E-state index contributed by atoms with van der Waals surface area (Å²) in [7, 11) is -0.835. The number of hydrogen-bond acceptors (Lipinski definition) is 0. The average Bonchev–Trinajstić information content (AvgIpc) is 3.89. The molecule has 2 unspecified atom stereocenters. The molecule has 0 radical (unpaired) electrons. The Hall–Kier alpha value is -7.11. The van der Waals surface area contributed by atoms with E-state index in [9.17, 15) is 0 Å². The van der Waals surface area contributed by atoms with E-state index >= 15 is 0 Å². The van der Waals surface area contributed by atoms with Crippen molar-refractivity contribution < 1.29 is 0 Å². The molecule has 346 valence electrons. The second-order valence-electron chi connectivity index (χ2n) is 21.8. The Kier molecular flexibility index (Phi) is 11.0. The van der Waals surface area contributed by atoms with Gasteiger partial charge in [0.25, 0.3) is 0 Å². The van der Waals surface area contributed by atoms with E-state index in [2.05, 4.69) is 273 Å². The van der Waals surface area contributed by atoms with Gasteiger partial charge >= 0.3 is 0 Å². The monoisotopic (exact) mass is 932 g/mol. The van der Waals surface area contributed by atoms with Gasteiger partial charge in [0, 0.05) is 16.2 Å². The zero-order valence-electron chi connectivity index (χ0n) is 42.1. The first-order valence-corrected chi connectivity index (χ1v) is 26.9. The summed E-state index contributed by atoms with van der Waals surface area (Å²) in [5.74, 6) is 0.366. The van der Waals surface area contributed by atoms with Gasteiger partial charge in [0.1, 0.15) is 0 Å². The molecule has 0 fully saturated rings. The zero-order chi connectivity index (χ0) is 48.6. The number of hydrogen-bond donors (Lipinski definition) is 0. The largest absolute Gasteiger partial charge is 0.0619 e. The van der Waals surface area contributed by atoms with Crippen LogP contribution in [-0.4, -0.2) is 0 Å². The van der Waals surface area contributed by atoms with Crippen molar-refractivity contribution in [3.63, 3.8) is 0 Å². The van der Waals surface area contributed by atoms with E-state index in [4.69, 9.17) is 0 Å². The van der Waals surface area contributed by atoms with Crippen molar-refractivity contribution in [2.45, 2.75) is 77.0 Å². The molecule has 0 N–H and O–H groups in total. The Morgan fingerprint density at radius 1 is 0.366 bits per heavy atom. The fourth-order valence-electron chi connectivity index (χ4n) is 12.6. The number of fused-ring (bicyclic) bond motifs is 9. The molecule has 0 saturated carbocycles. The third-order valence-corrected chi connectivity index (χ3v) is 18.8. The zero-order valence-corrected chi connectivity index (χ0v) is 43.0. The van der Waals surface area contributed by atoms with E-state index in [1.165, 1.54) is 116 Å². The minimum absolute atomic E-state index is 0.00555. The Bertz CT molecular complexity index is 3580. The molecule has 71 heavy (non-hydrogen) atoms. The van der Waals surface area contributed by atoms with Crippen LogP contribution in [0, 0.1) is 0 Å². The summed E-state index contributed by atoms with van der Waals surface area (Å²) in [6.45, 7) is 16.6. The van der Waals surface area contributed by atoms with Crippen LogP contribution in [0.15, 0.2) is 200 Å². The molecular formula is C70H61P. The van der Waals surface area contributed by atoms with Crippen LogP contribution >= 0.6 is 7.92 Å². The predicted octanol–water partition coefficient (Wildman–Crippen LogP) is 17.1. The second-order valence-corrected chi connectivity index (χ2v) is 24.0. The van der Waals surface area contributed by atoms with E-state index in [0.29, 0.717) is 5.92 Å². The normalized spacial score (nSPS) is 16.0. The maximum Gasteiger partial charge on any atom is 0.0164 e. The number of benzene rings is 9.